The molecular weight excluding hydrogens is 416 g/mol. The van der Waals surface area contributed by atoms with E-state index in [9.17, 15) is 31.1 Å². The lowest BCUT2D eigenvalue weighted by molar-refractivity contribution is -0.141. The molecule has 0 saturated carbocycles. The van der Waals surface area contributed by atoms with Gasteiger partial charge in [0.1, 0.15) is 6.54 Å². The van der Waals surface area contributed by atoms with Gasteiger partial charge in [0.25, 0.3) is 0 Å². The molecule has 3 N–H and O–H groups in total. The molecule has 28 heavy (non-hydrogen) atoms. The Balaban J connectivity index is 1.86. The Kier molecular flexibility index (Phi) is 6.43. The number of halogens is 6. The maximum Gasteiger partial charge on any atom is 0.446 e. The van der Waals surface area contributed by atoms with Crippen LogP contribution in [0.15, 0.2) is 46.6 Å². The van der Waals surface area contributed by atoms with Crippen LogP contribution < -0.4 is 11.1 Å². The Bertz CT molecular complexity index is 847. The molecule has 0 radical (unpaired) electrons. The number of benzene rings is 1. The van der Waals surface area contributed by atoms with Crippen molar-refractivity contribution in [3.63, 3.8) is 0 Å². The number of hydrogen-bond donors (Lipinski definition) is 2. The van der Waals surface area contributed by atoms with Crippen molar-refractivity contribution in [2.45, 2.75) is 23.1 Å². The average Bonchev–Trinajstić information content (AvgIpc) is 3.02. The lowest BCUT2D eigenvalue weighted by atomic mass is 10.3. The number of hydrogen-bond acceptors (Lipinski definition) is 5. The van der Waals surface area contributed by atoms with Crippen LogP contribution in [0, 0.1) is 0 Å². The lowest BCUT2D eigenvalue weighted by Crippen LogP contribution is -2.22. The molecule has 0 aliphatic heterocycles. The van der Waals surface area contributed by atoms with E-state index in [1.807, 2.05) is 0 Å². The van der Waals surface area contributed by atoms with Crippen LogP contribution in [0.25, 0.3) is 0 Å². The molecule has 0 aliphatic rings. The van der Waals surface area contributed by atoms with Crippen molar-refractivity contribution in [1.82, 2.24) is 9.78 Å². The molecular formula is C14H11F6N5O2S. The second-order valence-electron chi connectivity index (χ2n) is 5.05. The van der Waals surface area contributed by atoms with Crippen LogP contribution in [0.3, 0.4) is 0 Å². The highest BCUT2D eigenvalue weighted by atomic mass is 32.2. The molecule has 0 bridgehead atoms. The number of carbonyl (C=O) groups excluding carboxylic acids is 1. The summed E-state index contributed by atoms with van der Waals surface area (Å²) in [5.74, 6) is -0.344. The first-order valence-corrected chi connectivity index (χ1v) is 8.01. The fourth-order valence-electron chi connectivity index (χ4n) is 1.78. The number of nitrogens with two attached hydrogens (primary N) is 1. The molecule has 0 aliphatic carbocycles. The van der Waals surface area contributed by atoms with Crippen molar-refractivity contribution in [2.24, 2.45) is 10.9 Å². The van der Waals surface area contributed by atoms with Gasteiger partial charge in [0.05, 0.1) is 0 Å². The normalized spacial score (nSPS) is 12.7. The fourth-order valence-corrected chi connectivity index (χ4v) is 2.32. The maximum absolute atomic E-state index is 12.4. The van der Waals surface area contributed by atoms with Gasteiger partial charge in [-0.25, -0.2) is 4.79 Å². The van der Waals surface area contributed by atoms with E-state index < -0.39 is 23.5 Å². The molecule has 0 atom stereocenters. The van der Waals surface area contributed by atoms with E-state index in [4.69, 9.17) is 5.73 Å². The summed E-state index contributed by atoms with van der Waals surface area (Å²) < 4.78 is 74.8. The third kappa shape index (κ3) is 7.02. The van der Waals surface area contributed by atoms with Crippen LogP contribution in [0.2, 0.25) is 0 Å². The average molecular weight is 427 g/mol. The maximum atomic E-state index is 12.4. The number of amidine groups is 1. The number of thioether (sulfide) groups is 1. The van der Waals surface area contributed by atoms with Crippen LogP contribution in [0.4, 0.5) is 36.8 Å². The van der Waals surface area contributed by atoms with Gasteiger partial charge in [-0.1, -0.05) is 5.16 Å². The first-order valence-electron chi connectivity index (χ1n) is 7.19. The summed E-state index contributed by atoms with van der Waals surface area (Å²) in [6, 6.07) is 5.44. The Morgan fingerprint density at radius 2 is 1.82 bits per heavy atom. The number of amides is 1. The van der Waals surface area contributed by atoms with Crippen LogP contribution in [0.5, 0.6) is 0 Å². The first kappa shape index (κ1) is 21.4. The van der Waals surface area contributed by atoms with E-state index in [0.717, 1.165) is 29.1 Å². The van der Waals surface area contributed by atoms with Crippen molar-refractivity contribution in [3.8, 4) is 0 Å². The molecule has 1 heterocycles. The highest BCUT2D eigenvalue weighted by Gasteiger charge is 2.33. The number of aromatic nitrogens is 2. The smallest absolute Gasteiger partial charge is 0.383 e. The topological polar surface area (TPSA) is 94.5 Å². The van der Waals surface area contributed by atoms with E-state index in [-0.39, 0.29) is 34.7 Å². The van der Waals surface area contributed by atoms with Crippen LogP contribution in [-0.4, -0.2) is 27.2 Å². The number of carbonyl (C=O) groups is 1. The van der Waals surface area contributed by atoms with E-state index in [0.29, 0.717) is 0 Å². The number of alkyl halides is 6. The SMILES string of the molecule is N/C(Cn1ccc(C(F)(F)F)n1)=N/OC(=O)Nc1ccc(SC(F)(F)F)cc1. The van der Waals surface area contributed by atoms with Gasteiger partial charge in [-0.05, 0) is 42.1 Å². The molecule has 1 amide bonds. The van der Waals surface area contributed by atoms with Crippen molar-refractivity contribution < 1.29 is 36.0 Å². The van der Waals surface area contributed by atoms with Gasteiger partial charge in [-0.2, -0.15) is 31.4 Å². The van der Waals surface area contributed by atoms with Crippen LogP contribution >= 0.6 is 11.8 Å². The van der Waals surface area contributed by atoms with Gasteiger partial charge in [0, 0.05) is 16.8 Å². The predicted octanol–water partition coefficient (Wildman–Crippen LogP) is 4.03. The summed E-state index contributed by atoms with van der Waals surface area (Å²) in [5.41, 5.74) is 0.0153. The Hall–Kier alpha value is -2.90. The molecule has 2 rings (SSSR count). The van der Waals surface area contributed by atoms with Crippen molar-refractivity contribution >= 4 is 29.4 Å². The molecule has 0 saturated heterocycles. The summed E-state index contributed by atoms with van der Waals surface area (Å²) in [5, 5.41) is 8.67. The summed E-state index contributed by atoms with van der Waals surface area (Å²) in [7, 11) is 0. The zero-order valence-corrected chi connectivity index (χ0v) is 14.4. The number of anilines is 1. The minimum Gasteiger partial charge on any atom is -0.383 e. The van der Waals surface area contributed by atoms with E-state index in [2.05, 4.69) is 20.4 Å². The van der Waals surface area contributed by atoms with Crippen molar-refractivity contribution in [1.29, 1.82) is 0 Å². The molecule has 0 unspecified atom stereocenters. The highest BCUT2D eigenvalue weighted by molar-refractivity contribution is 8.00. The Labute approximate surface area is 157 Å². The van der Waals surface area contributed by atoms with Crippen molar-refractivity contribution in [3.05, 3.63) is 42.2 Å². The van der Waals surface area contributed by atoms with Gasteiger partial charge in [-0.3, -0.25) is 14.8 Å². The lowest BCUT2D eigenvalue weighted by Gasteiger charge is -2.07. The summed E-state index contributed by atoms with van der Waals surface area (Å²) in [6.07, 6.45) is -4.69. The zero-order valence-electron chi connectivity index (χ0n) is 13.6. The monoisotopic (exact) mass is 427 g/mol. The van der Waals surface area contributed by atoms with Crippen molar-refractivity contribution in [2.75, 3.05) is 5.32 Å². The molecule has 1 aromatic carbocycles. The first-order chi connectivity index (χ1) is 12.9. The standard InChI is InChI=1S/C14H11F6N5O2S/c15-13(16,17)10-5-6-25(23-10)7-11(21)24-27-12(26)22-8-1-3-9(4-2-8)28-14(18,19)20/h1-6H,7H2,(H2,21,24)(H,22,26). The van der Waals surface area contributed by atoms with Gasteiger partial charge < -0.3 is 5.73 Å². The molecule has 0 fully saturated rings. The van der Waals surface area contributed by atoms with Gasteiger partial charge in [-0.15, -0.1) is 0 Å². The molecule has 14 heteroatoms. The van der Waals surface area contributed by atoms with Gasteiger partial charge >= 0.3 is 17.8 Å². The highest BCUT2D eigenvalue weighted by Crippen LogP contribution is 2.37. The number of nitrogens with one attached hydrogen (secondary N) is 1. The van der Waals surface area contributed by atoms with E-state index in [1.54, 1.807) is 0 Å². The van der Waals surface area contributed by atoms with E-state index in [1.165, 1.54) is 12.1 Å². The minimum atomic E-state index is -4.61. The number of nitrogens with zero attached hydrogens (tertiary/aromatic N) is 3. The number of rotatable bonds is 5. The van der Waals surface area contributed by atoms with E-state index >= 15 is 0 Å². The number of oxime groups is 1. The summed E-state index contributed by atoms with van der Waals surface area (Å²) >= 11 is -0.314. The fraction of sp³-hybridized carbons (Fsp3) is 0.214. The largest absolute Gasteiger partial charge is 0.446 e. The summed E-state index contributed by atoms with van der Waals surface area (Å²) in [4.78, 5) is 15.9. The zero-order chi connectivity index (χ0) is 20.9. The van der Waals surface area contributed by atoms with Gasteiger partial charge in [0.2, 0.25) is 0 Å². The Morgan fingerprint density at radius 1 is 1.18 bits per heavy atom. The molecule has 7 nitrogen and oxygen atoms in total. The third-order valence-corrected chi connectivity index (χ3v) is 3.57. The molecule has 1 aromatic heterocycles. The molecule has 0 spiro atoms. The van der Waals surface area contributed by atoms with Crippen LogP contribution in [-0.2, 0) is 17.6 Å². The second-order valence-corrected chi connectivity index (χ2v) is 6.19. The predicted molar refractivity (Wildman–Crippen MR) is 87.3 cm³/mol. The Morgan fingerprint density at radius 3 is 2.36 bits per heavy atom. The minimum absolute atomic E-state index is 0.0777. The molecule has 152 valence electrons. The second kappa shape index (κ2) is 8.41. The third-order valence-electron chi connectivity index (χ3n) is 2.84. The van der Waals surface area contributed by atoms with Gasteiger partial charge in [0.15, 0.2) is 11.5 Å². The molecule has 2 aromatic rings. The quantitative estimate of drug-likeness (QED) is 0.188. The van der Waals surface area contributed by atoms with Crippen LogP contribution in [0.1, 0.15) is 5.69 Å². The summed E-state index contributed by atoms with van der Waals surface area (Å²) in [6.45, 7) is -0.368.